The van der Waals surface area contributed by atoms with Gasteiger partial charge in [0.1, 0.15) is 12.4 Å². The lowest BCUT2D eigenvalue weighted by molar-refractivity contribution is 0.322. The Morgan fingerprint density at radius 1 is 1.03 bits per heavy atom. The maximum atomic E-state index is 12.1. The maximum absolute atomic E-state index is 12.1. The van der Waals surface area contributed by atoms with E-state index in [1.807, 2.05) is 68.4 Å². The van der Waals surface area contributed by atoms with Gasteiger partial charge in [0, 0.05) is 13.1 Å². The number of nitrogens with zero attached hydrogens (tertiary/aromatic N) is 1. The number of benzene rings is 2. The topological polar surface area (TPSA) is 91.8 Å². The van der Waals surface area contributed by atoms with Gasteiger partial charge < -0.3 is 15.4 Å². The van der Waals surface area contributed by atoms with Crippen molar-refractivity contribution in [3.63, 3.8) is 0 Å². The summed E-state index contributed by atoms with van der Waals surface area (Å²) < 4.78 is 32.6. The predicted molar refractivity (Wildman–Crippen MR) is 133 cm³/mol. The molecule has 0 fully saturated rings. The molecule has 166 valence electrons. The van der Waals surface area contributed by atoms with Gasteiger partial charge in [0.2, 0.25) is 10.0 Å². The molecular weight excluding hydrogens is 515 g/mol. The monoisotopic (exact) mass is 546 g/mol. The van der Waals surface area contributed by atoms with Gasteiger partial charge in [-0.2, -0.15) is 0 Å². The summed E-state index contributed by atoms with van der Waals surface area (Å²) in [6.45, 7) is 6.15. The molecule has 0 aromatic heterocycles. The number of nitrogens with one attached hydrogen (secondary N) is 3. The highest BCUT2D eigenvalue weighted by molar-refractivity contribution is 14.0. The molecule has 7 nitrogen and oxygen atoms in total. The number of aliphatic imine (C=N–C) groups is 1. The third-order valence-corrected chi connectivity index (χ3v) is 5.30. The molecule has 2 rings (SSSR count). The second kappa shape index (κ2) is 14.2. The van der Waals surface area contributed by atoms with Gasteiger partial charge in [-0.3, -0.25) is 4.99 Å². The molecule has 0 atom stereocenters. The van der Waals surface area contributed by atoms with Crippen molar-refractivity contribution in [2.75, 3.05) is 32.0 Å². The van der Waals surface area contributed by atoms with Crippen LogP contribution in [-0.4, -0.2) is 46.4 Å². The Kier molecular flexibility index (Phi) is 12.4. The average Bonchev–Trinajstić information content (AvgIpc) is 2.72. The summed E-state index contributed by atoms with van der Waals surface area (Å²) in [6, 6.07) is 17.3. The smallest absolute Gasteiger partial charge is 0.213 e. The number of guanidine groups is 1. The van der Waals surface area contributed by atoms with Crippen LogP contribution in [0.1, 0.15) is 18.1 Å². The molecule has 0 aliphatic rings. The first-order valence-corrected chi connectivity index (χ1v) is 11.4. The summed E-state index contributed by atoms with van der Waals surface area (Å²) in [7, 11) is -3.39. The molecule has 0 heterocycles. The lowest BCUT2D eigenvalue weighted by Gasteiger charge is -2.12. The van der Waals surface area contributed by atoms with E-state index in [1.165, 1.54) is 5.56 Å². The number of aryl methyl sites for hydroxylation is 1. The number of sulfonamides is 1. The predicted octanol–water partition coefficient (Wildman–Crippen LogP) is 2.67. The molecule has 3 N–H and O–H groups in total. The van der Waals surface area contributed by atoms with Gasteiger partial charge in [0.15, 0.2) is 5.96 Å². The van der Waals surface area contributed by atoms with Crippen molar-refractivity contribution >= 4 is 40.0 Å². The first kappa shape index (κ1) is 26.2. The molecule has 2 aromatic carbocycles. The fourth-order valence-corrected chi connectivity index (χ4v) is 3.32. The fourth-order valence-electron chi connectivity index (χ4n) is 2.45. The van der Waals surface area contributed by atoms with E-state index in [9.17, 15) is 8.42 Å². The molecule has 9 heteroatoms. The van der Waals surface area contributed by atoms with Crippen LogP contribution < -0.4 is 20.1 Å². The molecular formula is C21H31IN4O3S. The molecule has 0 saturated heterocycles. The quantitative estimate of drug-likeness (QED) is 0.175. The highest BCUT2D eigenvalue weighted by Crippen LogP contribution is 2.10. The summed E-state index contributed by atoms with van der Waals surface area (Å²) in [4.78, 5) is 4.33. The van der Waals surface area contributed by atoms with Gasteiger partial charge in [-0.05, 0) is 31.5 Å². The molecule has 0 saturated carbocycles. The van der Waals surface area contributed by atoms with Crippen molar-refractivity contribution < 1.29 is 13.2 Å². The third kappa shape index (κ3) is 10.8. The van der Waals surface area contributed by atoms with Gasteiger partial charge >= 0.3 is 0 Å². The zero-order valence-corrected chi connectivity index (χ0v) is 20.6. The van der Waals surface area contributed by atoms with E-state index in [1.54, 1.807) is 0 Å². The van der Waals surface area contributed by atoms with E-state index in [0.717, 1.165) is 11.3 Å². The normalized spacial score (nSPS) is 11.5. The van der Waals surface area contributed by atoms with Crippen LogP contribution in [0.5, 0.6) is 5.75 Å². The molecule has 0 bridgehead atoms. The lowest BCUT2D eigenvalue weighted by atomic mass is 10.2. The van der Waals surface area contributed by atoms with E-state index in [0.29, 0.717) is 25.7 Å². The largest absolute Gasteiger partial charge is 0.492 e. The Labute approximate surface area is 196 Å². The van der Waals surface area contributed by atoms with Gasteiger partial charge in [-0.15, -0.1) is 24.0 Å². The van der Waals surface area contributed by atoms with E-state index >= 15 is 0 Å². The summed E-state index contributed by atoms with van der Waals surface area (Å²) >= 11 is 0. The molecule has 0 radical (unpaired) electrons. The van der Waals surface area contributed by atoms with Crippen LogP contribution in [-0.2, 0) is 16.6 Å². The van der Waals surface area contributed by atoms with E-state index in [2.05, 4.69) is 20.3 Å². The summed E-state index contributed by atoms with van der Waals surface area (Å²) in [5, 5.41) is 6.25. The van der Waals surface area contributed by atoms with Crippen molar-refractivity contribution in [1.82, 2.24) is 15.4 Å². The Morgan fingerprint density at radius 3 is 2.40 bits per heavy atom. The zero-order valence-electron chi connectivity index (χ0n) is 17.4. The highest BCUT2D eigenvalue weighted by atomic mass is 127. The van der Waals surface area contributed by atoms with Crippen LogP contribution in [0.2, 0.25) is 0 Å². The molecule has 0 aliphatic heterocycles. The summed E-state index contributed by atoms with van der Waals surface area (Å²) in [6.07, 6.45) is 0. The van der Waals surface area contributed by atoms with Crippen molar-refractivity contribution in [3.05, 3.63) is 65.7 Å². The molecule has 30 heavy (non-hydrogen) atoms. The molecule has 0 aliphatic carbocycles. The lowest BCUT2D eigenvalue weighted by Crippen LogP contribution is -2.39. The number of rotatable bonds is 11. The van der Waals surface area contributed by atoms with Gasteiger partial charge in [0.05, 0.1) is 18.8 Å². The fraction of sp³-hybridized carbons (Fsp3) is 0.381. The number of hydrogen-bond donors (Lipinski definition) is 3. The second-order valence-electron chi connectivity index (χ2n) is 6.47. The Bertz CT molecular complexity index is 860. The minimum atomic E-state index is -3.39. The van der Waals surface area contributed by atoms with Crippen molar-refractivity contribution in [2.45, 2.75) is 20.4 Å². The summed E-state index contributed by atoms with van der Waals surface area (Å²) in [5.74, 6) is 1.31. The first-order chi connectivity index (χ1) is 14.0. The molecule has 0 unspecified atom stereocenters. The van der Waals surface area contributed by atoms with Gasteiger partial charge in [0.25, 0.3) is 0 Å². The van der Waals surface area contributed by atoms with E-state index in [4.69, 9.17) is 4.74 Å². The number of hydrogen-bond acceptors (Lipinski definition) is 4. The Balaban J connectivity index is 0.00000450. The zero-order chi connectivity index (χ0) is 21.0. The molecule has 0 spiro atoms. The van der Waals surface area contributed by atoms with Crippen molar-refractivity contribution in [3.8, 4) is 5.75 Å². The van der Waals surface area contributed by atoms with Crippen LogP contribution >= 0.6 is 24.0 Å². The SMILES string of the molecule is CCNC(=NCCS(=O)(=O)NCc1ccccc1)NCCOc1ccc(C)cc1.I. The molecule has 0 amide bonds. The van der Waals surface area contributed by atoms with Crippen molar-refractivity contribution in [1.29, 1.82) is 0 Å². The minimum absolute atomic E-state index is 0. The third-order valence-electron chi connectivity index (χ3n) is 4.00. The van der Waals surface area contributed by atoms with Crippen LogP contribution in [0, 0.1) is 6.92 Å². The minimum Gasteiger partial charge on any atom is -0.492 e. The van der Waals surface area contributed by atoms with Crippen LogP contribution in [0.25, 0.3) is 0 Å². The van der Waals surface area contributed by atoms with Crippen LogP contribution in [0.15, 0.2) is 59.6 Å². The van der Waals surface area contributed by atoms with E-state index < -0.39 is 10.0 Å². The van der Waals surface area contributed by atoms with Crippen LogP contribution in [0.3, 0.4) is 0 Å². The highest BCUT2D eigenvalue weighted by Gasteiger charge is 2.09. The van der Waals surface area contributed by atoms with Gasteiger partial charge in [-0.1, -0.05) is 48.0 Å². The van der Waals surface area contributed by atoms with Crippen LogP contribution in [0.4, 0.5) is 0 Å². The standard InChI is InChI=1S/C21H30N4O3S.HI/c1-3-22-21(23-13-15-28-20-11-9-18(2)10-12-20)24-14-16-29(26,27)25-17-19-7-5-4-6-8-19;/h4-12,25H,3,13-17H2,1-2H3,(H2,22,23,24);1H. The molecule has 2 aromatic rings. The number of ether oxygens (including phenoxy) is 1. The first-order valence-electron chi connectivity index (χ1n) is 9.71. The Morgan fingerprint density at radius 2 is 1.73 bits per heavy atom. The van der Waals surface area contributed by atoms with Crippen molar-refractivity contribution in [2.24, 2.45) is 4.99 Å². The second-order valence-corrected chi connectivity index (χ2v) is 8.40. The average molecular weight is 546 g/mol. The Hall–Kier alpha value is -1.85. The summed E-state index contributed by atoms with van der Waals surface area (Å²) in [5.41, 5.74) is 2.11. The maximum Gasteiger partial charge on any atom is 0.213 e. The number of halogens is 1. The van der Waals surface area contributed by atoms with E-state index in [-0.39, 0.29) is 42.8 Å². The van der Waals surface area contributed by atoms with Gasteiger partial charge in [-0.25, -0.2) is 13.1 Å².